The van der Waals surface area contributed by atoms with Crippen molar-refractivity contribution >= 4 is 35.1 Å². The van der Waals surface area contributed by atoms with Crippen LogP contribution >= 0.6 is 23.2 Å². The average Bonchev–Trinajstić information content (AvgIpc) is 2.77. The lowest BCUT2D eigenvalue weighted by Crippen LogP contribution is -2.28. The summed E-state index contributed by atoms with van der Waals surface area (Å²) in [6, 6.07) is 0. The van der Waals surface area contributed by atoms with Crippen molar-refractivity contribution in [1.82, 2.24) is 19.6 Å². The number of methoxy groups -OCH3 is 2. The molecule has 2 aromatic rings. The first-order chi connectivity index (χ1) is 15.8. The highest BCUT2D eigenvalue weighted by Crippen LogP contribution is 2.12. The number of hydrogen-bond donors (Lipinski definition) is 0. The van der Waals surface area contributed by atoms with Gasteiger partial charge in [-0.2, -0.15) is 10.2 Å². The Bertz CT molecular complexity index is 1020. The SMILES string of the molecule is COCn1ncc(Cl)c(CCOC(=O)CC(=O)OCCc2c(Cl)cnn(COC)c2=O)c1=O. The second-order valence-electron chi connectivity index (χ2n) is 6.50. The predicted molar refractivity (Wildman–Crippen MR) is 115 cm³/mol. The van der Waals surface area contributed by atoms with Crippen LogP contribution < -0.4 is 11.1 Å². The first-order valence-corrected chi connectivity index (χ1v) is 10.3. The minimum absolute atomic E-state index is 0.0268. The molecule has 0 radical (unpaired) electrons. The summed E-state index contributed by atoms with van der Waals surface area (Å²) in [4.78, 5) is 48.2. The van der Waals surface area contributed by atoms with Crippen LogP contribution in [0.2, 0.25) is 10.0 Å². The van der Waals surface area contributed by atoms with Crippen LogP contribution in [-0.4, -0.2) is 58.9 Å². The fourth-order valence-electron chi connectivity index (χ4n) is 2.65. The van der Waals surface area contributed by atoms with Crippen LogP contribution in [0.5, 0.6) is 0 Å². The molecule has 0 fully saturated rings. The van der Waals surface area contributed by atoms with Crippen LogP contribution in [0.4, 0.5) is 0 Å². The van der Waals surface area contributed by atoms with E-state index < -0.39 is 29.5 Å². The molecule has 0 bridgehead atoms. The molecule has 0 aliphatic heterocycles. The zero-order valence-corrected chi connectivity index (χ0v) is 19.4. The smallest absolute Gasteiger partial charge is 0.317 e. The van der Waals surface area contributed by atoms with Crippen LogP contribution in [0.3, 0.4) is 0 Å². The van der Waals surface area contributed by atoms with E-state index in [1.807, 2.05) is 0 Å². The zero-order valence-electron chi connectivity index (χ0n) is 17.9. The molecule has 0 spiro atoms. The topological polar surface area (TPSA) is 141 Å². The molecule has 0 amide bonds. The number of esters is 2. The third kappa shape index (κ3) is 7.63. The molecule has 0 aliphatic rings. The van der Waals surface area contributed by atoms with Crippen molar-refractivity contribution in [1.29, 1.82) is 0 Å². The summed E-state index contributed by atoms with van der Waals surface area (Å²) in [7, 11) is 2.82. The number of carbonyl (C=O) groups excluding carboxylic acids is 2. The number of rotatable bonds is 12. The molecule has 2 aromatic heterocycles. The second kappa shape index (κ2) is 13.0. The molecule has 0 aromatic carbocycles. The highest BCUT2D eigenvalue weighted by Gasteiger charge is 2.16. The predicted octanol–water partition coefficient (Wildman–Crippen LogP) is 0.576. The molecule has 180 valence electrons. The molecule has 14 heteroatoms. The van der Waals surface area contributed by atoms with E-state index in [1.54, 1.807) is 0 Å². The van der Waals surface area contributed by atoms with Crippen molar-refractivity contribution in [3.63, 3.8) is 0 Å². The molecule has 0 saturated carbocycles. The second-order valence-corrected chi connectivity index (χ2v) is 7.32. The Morgan fingerprint density at radius 2 is 1.21 bits per heavy atom. The van der Waals surface area contributed by atoms with Crippen LogP contribution in [0.15, 0.2) is 22.0 Å². The molecule has 33 heavy (non-hydrogen) atoms. The van der Waals surface area contributed by atoms with E-state index >= 15 is 0 Å². The summed E-state index contributed by atoms with van der Waals surface area (Å²) in [5.74, 6) is -1.68. The third-order valence-corrected chi connectivity index (χ3v) is 4.86. The molecular formula is C19H22Cl2N4O8. The molecule has 0 saturated heterocycles. The van der Waals surface area contributed by atoms with Gasteiger partial charge in [0, 0.05) is 38.2 Å². The maximum Gasteiger partial charge on any atom is 0.317 e. The lowest BCUT2D eigenvalue weighted by Gasteiger charge is -2.09. The zero-order chi connectivity index (χ0) is 24.4. The molecule has 0 atom stereocenters. The molecule has 12 nitrogen and oxygen atoms in total. The van der Waals surface area contributed by atoms with Crippen molar-refractivity contribution in [3.05, 3.63) is 54.3 Å². The maximum atomic E-state index is 12.3. The van der Waals surface area contributed by atoms with Crippen molar-refractivity contribution in [2.75, 3.05) is 27.4 Å². The largest absolute Gasteiger partial charge is 0.465 e. The van der Waals surface area contributed by atoms with Gasteiger partial charge in [-0.15, -0.1) is 0 Å². The van der Waals surface area contributed by atoms with E-state index in [9.17, 15) is 19.2 Å². The highest BCUT2D eigenvalue weighted by atomic mass is 35.5. The van der Waals surface area contributed by atoms with E-state index in [0.717, 1.165) is 9.36 Å². The first-order valence-electron chi connectivity index (χ1n) is 9.56. The monoisotopic (exact) mass is 504 g/mol. The van der Waals surface area contributed by atoms with Gasteiger partial charge in [0.2, 0.25) is 0 Å². The highest BCUT2D eigenvalue weighted by molar-refractivity contribution is 6.31. The minimum atomic E-state index is -0.841. The van der Waals surface area contributed by atoms with Gasteiger partial charge in [0.15, 0.2) is 0 Å². The minimum Gasteiger partial charge on any atom is -0.465 e. The fraction of sp³-hybridized carbons (Fsp3) is 0.474. The van der Waals surface area contributed by atoms with Gasteiger partial charge < -0.3 is 18.9 Å². The number of aromatic nitrogens is 4. The molecule has 0 aliphatic carbocycles. The molecule has 0 unspecified atom stereocenters. The summed E-state index contributed by atoms with van der Waals surface area (Å²) in [6.45, 7) is -0.466. The Hall–Kier alpha value is -2.80. The number of nitrogens with zero attached hydrogens (tertiary/aromatic N) is 4. The van der Waals surface area contributed by atoms with E-state index in [4.69, 9.17) is 42.1 Å². The third-order valence-electron chi connectivity index (χ3n) is 4.20. The number of ether oxygens (including phenoxy) is 4. The fourth-order valence-corrected chi connectivity index (χ4v) is 3.09. The molecular weight excluding hydrogens is 483 g/mol. The van der Waals surface area contributed by atoms with Gasteiger partial charge in [0.1, 0.15) is 19.9 Å². The van der Waals surface area contributed by atoms with Gasteiger partial charge in [-0.1, -0.05) is 23.2 Å². The lowest BCUT2D eigenvalue weighted by atomic mass is 10.2. The molecule has 2 heterocycles. The number of hydrogen-bond acceptors (Lipinski definition) is 10. The van der Waals surface area contributed by atoms with Crippen LogP contribution in [0, 0.1) is 0 Å². The van der Waals surface area contributed by atoms with Gasteiger partial charge in [0.25, 0.3) is 11.1 Å². The Labute approximate surface area is 197 Å². The number of carbonyl (C=O) groups is 2. The maximum absolute atomic E-state index is 12.3. The van der Waals surface area contributed by atoms with Crippen molar-refractivity contribution in [2.45, 2.75) is 32.7 Å². The van der Waals surface area contributed by atoms with Crippen molar-refractivity contribution in [2.24, 2.45) is 0 Å². The Morgan fingerprint density at radius 3 is 1.58 bits per heavy atom. The van der Waals surface area contributed by atoms with E-state index in [0.29, 0.717) is 0 Å². The van der Waals surface area contributed by atoms with Crippen LogP contribution in [-0.2, 0) is 54.8 Å². The molecule has 2 rings (SSSR count). The summed E-state index contributed by atoms with van der Waals surface area (Å²) in [5.41, 5.74) is -0.543. The van der Waals surface area contributed by atoms with E-state index in [1.165, 1.54) is 26.6 Å². The quantitative estimate of drug-likeness (QED) is 0.297. The summed E-state index contributed by atoms with van der Waals surface area (Å²) in [5, 5.41) is 7.90. The van der Waals surface area contributed by atoms with Crippen molar-refractivity contribution in [3.8, 4) is 0 Å². The summed E-state index contributed by atoms with van der Waals surface area (Å²) in [6.07, 6.45) is 1.99. The van der Waals surface area contributed by atoms with Gasteiger partial charge in [-0.3, -0.25) is 19.2 Å². The van der Waals surface area contributed by atoms with E-state index in [2.05, 4.69) is 10.2 Å². The van der Waals surface area contributed by atoms with Gasteiger partial charge in [-0.25, -0.2) is 9.36 Å². The normalized spacial score (nSPS) is 10.8. The summed E-state index contributed by atoms with van der Waals surface area (Å²) >= 11 is 12.0. The Balaban J connectivity index is 1.80. The van der Waals surface area contributed by atoms with Crippen molar-refractivity contribution < 1.29 is 28.5 Å². The Kier molecular flexibility index (Phi) is 10.5. The number of halogens is 2. The van der Waals surface area contributed by atoms with E-state index in [-0.39, 0.29) is 60.7 Å². The Morgan fingerprint density at radius 1 is 0.818 bits per heavy atom. The van der Waals surface area contributed by atoms with Gasteiger partial charge >= 0.3 is 11.9 Å². The van der Waals surface area contributed by atoms with Gasteiger partial charge in [0.05, 0.1) is 35.7 Å². The summed E-state index contributed by atoms with van der Waals surface area (Å²) < 4.78 is 21.8. The van der Waals surface area contributed by atoms with Crippen LogP contribution in [0.1, 0.15) is 17.5 Å². The molecule has 0 N–H and O–H groups in total. The first kappa shape index (κ1) is 26.5. The lowest BCUT2D eigenvalue weighted by molar-refractivity contribution is -0.154. The van der Waals surface area contributed by atoms with Gasteiger partial charge in [-0.05, 0) is 0 Å². The standard InChI is InChI=1S/C19H22Cl2N4O8/c1-30-10-24-18(28)12(14(20)8-22-24)3-5-32-16(26)7-17(27)33-6-4-13-15(21)9-23-25(11-31-2)19(13)29/h8-9H,3-7,10-11H2,1-2H3. The van der Waals surface area contributed by atoms with Crippen LogP contribution in [0.25, 0.3) is 0 Å². The average molecular weight is 505 g/mol.